The van der Waals surface area contributed by atoms with Crippen LogP contribution in [0.2, 0.25) is 0 Å². The van der Waals surface area contributed by atoms with Gasteiger partial charge in [-0.15, -0.1) is 4.68 Å². The summed E-state index contributed by atoms with van der Waals surface area (Å²) >= 11 is 0. The Morgan fingerprint density at radius 1 is 1.28 bits per heavy atom. The van der Waals surface area contributed by atoms with Crippen LogP contribution in [0.15, 0.2) is 36.7 Å². The van der Waals surface area contributed by atoms with Gasteiger partial charge in [0.2, 0.25) is 6.54 Å². The van der Waals surface area contributed by atoms with Crippen molar-refractivity contribution >= 4 is 11.6 Å². The number of carbonyl (C=O) groups excluding carboxylic acids is 1. The van der Waals surface area contributed by atoms with Crippen LogP contribution in [0.1, 0.15) is 43.7 Å². The van der Waals surface area contributed by atoms with Crippen molar-refractivity contribution in [2.24, 2.45) is 0 Å². The molecule has 1 aliphatic rings. The van der Waals surface area contributed by atoms with Gasteiger partial charge in [0, 0.05) is 38.8 Å². The standard InChI is InChI=1S/C19H25N3O2.Y/c1-15-8-6-11-17(24-2)19(15)20-18(23)14-21-12-7-13-22(21)16-9-4-3-5-10-16;/h6-8,11-13,16H,3-5,9-10,14H2,1-2H3;/p+1. The van der Waals surface area contributed by atoms with Gasteiger partial charge in [0.25, 0.3) is 5.91 Å². The minimum atomic E-state index is -0.0386. The number of aromatic nitrogens is 2. The van der Waals surface area contributed by atoms with Crippen LogP contribution in [0.25, 0.3) is 0 Å². The summed E-state index contributed by atoms with van der Waals surface area (Å²) in [5.41, 5.74) is 1.75. The van der Waals surface area contributed by atoms with E-state index in [0.29, 0.717) is 18.3 Å². The molecule has 0 aliphatic heterocycles. The second-order valence-corrected chi connectivity index (χ2v) is 6.46. The average molecular weight is 417 g/mol. The molecule has 0 saturated heterocycles. The Morgan fingerprint density at radius 3 is 2.76 bits per heavy atom. The molecule has 2 aromatic rings. The number of methoxy groups -OCH3 is 1. The molecule has 1 amide bonds. The van der Waals surface area contributed by atoms with Crippen LogP contribution in [-0.2, 0) is 44.0 Å². The molecule has 1 saturated carbocycles. The molecule has 1 fully saturated rings. The molecule has 6 heteroatoms. The maximum atomic E-state index is 12.5. The quantitative estimate of drug-likeness (QED) is 0.760. The molecule has 0 atom stereocenters. The van der Waals surface area contributed by atoms with Gasteiger partial charge in [-0.05, 0) is 31.4 Å². The number of anilines is 1. The van der Waals surface area contributed by atoms with E-state index in [0.717, 1.165) is 11.3 Å². The van der Waals surface area contributed by atoms with Crippen LogP contribution in [0.4, 0.5) is 5.69 Å². The first kappa shape index (κ1) is 20.1. The van der Waals surface area contributed by atoms with Gasteiger partial charge >= 0.3 is 0 Å². The number of carbonyl (C=O) groups is 1. The van der Waals surface area contributed by atoms with Gasteiger partial charge in [0.15, 0.2) is 6.20 Å². The van der Waals surface area contributed by atoms with Crippen LogP contribution in [0, 0.1) is 6.92 Å². The molecule has 3 rings (SSSR count). The first-order valence-electron chi connectivity index (χ1n) is 8.69. The van der Waals surface area contributed by atoms with Crippen molar-refractivity contribution < 1.29 is 46.9 Å². The van der Waals surface area contributed by atoms with E-state index in [-0.39, 0.29) is 38.6 Å². The molecular weight excluding hydrogens is 391 g/mol. The smallest absolute Gasteiger partial charge is 0.292 e. The molecule has 1 radical (unpaired) electrons. The summed E-state index contributed by atoms with van der Waals surface area (Å²) in [6, 6.07) is 8.27. The summed E-state index contributed by atoms with van der Waals surface area (Å²) in [5, 5.41) is 3.00. The second-order valence-electron chi connectivity index (χ2n) is 6.46. The van der Waals surface area contributed by atoms with Gasteiger partial charge in [-0.1, -0.05) is 31.4 Å². The van der Waals surface area contributed by atoms with E-state index in [9.17, 15) is 4.79 Å². The normalized spacial score (nSPS) is 14.6. The Hall–Kier alpha value is -1.20. The van der Waals surface area contributed by atoms with E-state index >= 15 is 0 Å². The predicted octanol–water partition coefficient (Wildman–Crippen LogP) is 3.23. The first-order chi connectivity index (χ1) is 11.7. The maximum absolute atomic E-state index is 12.5. The van der Waals surface area contributed by atoms with Crippen LogP contribution in [0.5, 0.6) is 5.75 Å². The van der Waals surface area contributed by atoms with E-state index in [1.165, 1.54) is 32.1 Å². The summed E-state index contributed by atoms with van der Waals surface area (Å²) in [6.45, 7) is 2.27. The number of hydrogen-bond donors (Lipinski definition) is 1. The molecule has 0 bridgehead atoms. The minimum absolute atomic E-state index is 0. The van der Waals surface area contributed by atoms with Gasteiger partial charge in [0.1, 0.15) is 5.75 Å². The summed E-state index contributed by atoms with van der Waals surface area (Å²) < 4.78 is 9.58. The number of ether oxygens (including phenoxy) is 1. The van der Waals surface area contributed by atoms with Gasteiger partial charge in [0.05, 0.1) is 25.0 Å². The second kappa shape index (κ2) is 9.49. The molecule has 131 valence electrons. The monoisotopic (exact) mass is 417 g/mol. The van der Waals surface area contributed by atoms with Crippen LogP contribution >= 0.6 is 0 Å². The minimum Gasteiger partial charge on any atom is -0.495 e. The van der Waals surface area contributed by atoms with Crippen molar-refractivity contribution in [3.8, 4) is 5.75 Å². The van der Waals surface area contributed by atoms with Crippen molar-refractivity contribution in [1.29, 1.82) is 0 Å². The van der Waals surface area contributed by atoms with E-state index in [4.69, 9.17) is 4.74 Å². The van der Waals surface area contributed by atoms with Crippen LogP contribution in [-0.4, -0.2) is 17.7 Å². The summed E-state index contributed by atoms with van der Waals surface area (Å²) in [6.07, 6.45) is 10.3. The molecule has 1 N–H and O–H groups in total. The summed E-state index contributed by atoms with van der Waals surface area (Å²) in [5.74, 6) is 0.652. The van der Waals surface area contributed by atoms with Gasteiger partial charge in [-0.3, -0.25) is 4.79 Å². The Labute approximate surface area is 174 Å². The Kier molecular flexibility index (Phi) is 7.64. The average Bonchev–Trinajstić information content (AvgIpc) is 3.05. The predicted molar refractivity (Wildman–Crippen MR) is 93.1 cm³/mol. The SMILES string of the molecule is COc1cccc(C)c1NC(=O)C[n+]1cccn1C1CCCCC1.[Y]. The number of nitrogens with zero attached hydrogens (tertiary/aromatic N) is 2. The van der Waals surface area contributed by atoms with Crippen molar-refractivity contribution in [1.82, 2.24) is 4.68 Å². The molecule has 0 spiro atoms. The third-order valence-electron chi connectivity index (χ3n) is 4.77. The van der Waals surface area contributed by atoms with Gasteiger partial charge in [-0.2, -0.15) is 4.68 Å². The Balaban J connectivity index is 0.00000225. The van der Waals surface area contributed by atoms with Crippen LogP contribution < -0.4 is 14.7 Å². The third kappa shape index (κ3) is 4.92. The van der Waals surface area contributed by atoms with Crippen LogP contribution in [0.3, 0.4) is 0 Å². The zero-order chi connectivity index (χ0) is 16.9. The molecule has 0 unspecified atom stereocenters. The molecule has 1 aromatic heterocycles. The van der Waals surface area contributed by atoms with Crippen molar-refractivity contribution in [3.05, 3.63) is 42.2 Å². The fourth-order valence-corrected chi connectivity index (χ4v) is 3.50. The summed E-state index contributed by atoms with van der Waals surface area (Å²) in [7, 11) is 1.62. The largest absolute Gasteiger partial charge is 0.495 e. The molecular formula is C19H26N3O2Y+. The topological polar surface area (TPSA) is 47.1 Å². The number of nitrogens with one attached hydrogen (secondary N) is 1. The van der Waals surface area contributed by atoms with Crippen molar-refractivity contribution in [3.63, 3.8) is 0 Å². The number of amides is 1. The van der Waals surface area contributed by atoms with Crippen molar-refractivity contribution in [2.75, 3.05) is 12.4 Å². The first-order valence-corrected chi connectivity index (χ1v) is 8.69. The number of aryl methyl sites for hydroxylation is 1. The zero-order valence-corrected chi connectivity index (χ0v) is 17.9. The fourth-order valence-electron chi connectivity index (χ4n) is 3.50. The van der Waals surface area contributed by atoms with Gasteiger partial charge < -0.3 is 10.1 Å². The Morgan fingerprint density at radius 2 is 2.04 bits per heavy atom. The maximum Gasteiger partial charge on any atom is 0.292 e. The number of rotatable bonds is 5. The zero-order valence-electron chi connectivity index (χ0n) is 15.1. The molecule has 1 aromatic carbocycles. The van der Waals surface area contributed by atoms with Gasteiger partial charge in [-0.25, -0.2) is 0 Å². The molecule has 1 aliphatic carbocycles. The van der Waals surface area contributed by atoms with E-state index in [1.807, 2.05) is 42.1 Å². The molecule has 25 heavy (non-hydrogen) atoms. The number of hydrogen-bond acceptors (Lipinski definition) is 2. The fraction of sp³-hybridized carbons (Fsp3) is 0.474. The van der Waals surface area contributed by atoms with E-state index in [2.05, 4.69) is 16.2 Å². The number of benzene rings is 1. The molecule has 5 nitrogen and oxygen atoms in total. The Bertz CT molecular complexity index is 708. The van der Waals surface area contributed by atoms with E-state index in [1.54, 1.807) is 7.11 Å². The number of para-hydroxylation sites is 1. The third-order valence-corrected chi connectivity index (χ3v) is 4.77. The van der Waals surface area contributed by atoms with E-state index < -0.39 is 0 Å². The summed E-state index contributed by atoms with van der Waals surface area (Å²) in [4.78, 5) is 12.5. The molecule has 1 heterocycles. The van der Waals surface area contributed by atoms with Crippen molar-refractivity contribution in [2.45, 2.75) is 51.6 Å².